The van der Waals surface area contributed by atoms with E-state index in [0.717, 1.165) is 0 Å². The first-order valence-electron chi connectivity index (χ1n) is 4.68. The van der Waals surface area contributed by atoms with Gasteiger partial charge in [0.2, 0.25) is 0 Å². The summed E-state index contributed by atoms with van der Waals surface area (Å²) in [4.78, 5) is 0. The van der Waals surface area contributed by atoms with Crippen LogP contribution in [0.1, 0.15) is 25.0 Å². The third kappa shape index (κ3) is 1.89. The maximum Gasteiger partial charge on any atom is 0.0690 e. The fraction of sp³-hybridized carbons (Fsp3) is 0.364. The number of pyridine rings is 1. The summed E-state index contributed by atoms with van der Waals surface area (Å²) in [5.41, 5.74) is 3.65. The van der Waals surface area contributed by atoms with Crippen molar-refractivity contribution >= 4 is 5.52 Å². The lowest BCUT2D eigenvalue weighted by Crippen LogP contribution is -1.86. The molecule has 0 saturated heterocycles. The second-order valence-corrected chi connectivity index (χ2v) is 2.86. The van der Waals surface area contributed by atoms with Crippen LogP contribution in [0.15, 0.2) is 24.5 Å². The van der Waals surface area contributed by atoms with E-state index in [9.17, 15) is 0 Å². The van der Waals surface area contributed by atoms with Gasteiger partial charge in [0.1, 0.15) is 0 Å². The SMILES string of the molecule is CC.Cc1ccc2c(C)cnn2c1. The molecular weight excluding hydrogens is 160 g/mol. The Morgan fingerprint density at radius 1 is 1.15 bits per heavy atom. The van der Waals surface area contributed by atoms with Crippen molar-refractivity contribution in [1.82, 2.24) is 9.61 Å². The number of hydrogen-bond acceptors (Lipinski definition) is 1. The molecule has 2 aromatic rings. The standard InChI is InChI=1S/C9H10N2.C2H6/c1-7-3-4-9-8(2)5-10-11(9)6-7;1-2/h3-6H,1-2H3;1-2H3. The molecule has 0 saturated carbocycles. The Kier molecular flexibility index (Phi) is 3.07. The van der Waals surface area contributed by atoms with Crippen molar-refractivity contribution in [2.24, 2.45) is 0 Å². The van der Waals surface area contributed by atoms with E-state index in [-0.39, 0.29) is 0 Å². The minimum absolute atomic E-state index is 1.19. The Hall–Kier alpha value is -1.31. The smallest absolute Gasteiger partial charge is 0.0690 e. The van der Waals surface area contributed by atoms with Gasteiger partial charge in [-0.1, -0.05) is 19.9 Å². The van der Waals surface area contributed by atoms with E-state index in [1.165, 1.54) is 16.6 Å². The maximum absolute atomic E-state index is 4.20. The first kappa shape index (κ1) is 9.78. The summed E-state index contributed by atoms with van der Waals surface area (Å²) >= 11 is 0. The normalized spacial score (nSPS) is 9.54. The molecular formula is C11H16N2. The minimum Gasteiger partial charge on any atom is -0.240 e. The van der Waals surface area contributed by atoms with Crippen LogP contribution in [-0.2, 0) is 0 Å². The van der Waals surface area contributed by atoms with Gasteiger partial charge < -0.3 is 0 Å². The maximum atomic E-state index is 4.20. The van der Waals surface area contributed by atoms with Gasteiger partial charge in [0, 0.05) is 6.20 Å². The van der Waals surface area contributed by atoms with Crippen LogP contribution in [0.3, 0.4) is 0 Å². The zero-order valence-electron chi connectivity index (χ0n) is 8.70. The third-order valence-corrected chi connectivity index (χ3v) is 1.86. The predicted molar refractivity (Wildman–Crippen MR) is 56.0 cm³/mol. The Balaban J connectivity index is 0.000000396. The molecule has 0 aromatic carbocycles. The van der Waals surface area contributed by atoms with Crippen LogP contribution in [0.2, 0.25) is 0 Å². The van der Waals surface area contributed by atoms with Crippen LogP contribution < -0.4 is 0 Å². The number of hydrogen-bond donors (Lipinski definition) is 0. The second kappa shape index (κ2) is 4.08. The lowest BCUT2D eigenvalue weighted by Gasteiger charge is -1.94. The van der Waals surface area contributed by atoms with E-state index < -0.39 is 0 Å². The highest BCUT2D eigenvalue weighted by molar-refractivity contribution is 5.53. The highest BCUT2D eigenvalue weighted by Gasteiger charge is 1.96. The van der Waals surface area contributed by atoms with Gasteiger partial charge in [-0.2, -0.15) is 5.10 Å². The molecule has 0 aliphatic heterocycles. The van der Waals surface area contributed by atoms with Crippen LogP contribution in [0.5, 0.6) is 0 Å². The number of rotatable bonds is 0. The molecule has 0 N–H and O–H groups in total. The van der Waals surface area contributed by atoms with Crippen LogP contribution in [-0.4, -0.2) is 9.61 Å². The topological polar surface area (TPSA) is 17.3 Å². The summed E-state index contributed by atoms with van der Waals surface area (Å²) in [6, 6.07) is 4.20. The summed E-state index contributed by atoms with van der Waals surface area (Å²) < 4.78 is 1.91. The lowest BCUT2D eigenvalue weighted by molar-refractivity contribution is 0.952. The Labute approximate surface area is 79.2 Å². The summed E-state index contributed by atoms with van der Waals surface area (Å²) in [5.74, 6) is 0. The van der Waals surface area contributed by atoms with Crippen molar-refractivity contribution in [2.75, 3.05) is 0 Å². The van der Waals surface area contributed by atoms with Gasteiger partial charge in [-0.25, -0.2) is 4.52 Å². The quantitative estimate of drug-likeness (QED) is 0.603. The van der Waals surface area contributed by atoms with Crippen LogP contribution >= 0.6 is 0 Å². The van der Waals surface area contributed by atoms with Crippen LogP contribution in [0.4, 0.5) is 0 Å². The first-order valence-corrected chi connectivity index (χ1v) is 4.68. The van der Waals surface area contributed by atoms with Crippen molar-refractivity contribution < 1.29 is 0 Å². The minimum atomic E-state index is 1.19. The molecule has 0 atom stereocenters. The van der Waals surface area contributed by atoms with E-state index in [1.807, 2.05) is 30.8 Å². The molecule has 0 spiro atoms. The van der Waals surface area contributed by atoms with Crippen molar-refractivity contribution in [2.45, 2.75) is 27.7 Å². The predicted octanol–water partition coefficient (Wildman–Crippen LogP) is 2.98. The number of fused-ring (bicyclic) bond motifs is 1. The zero-order valence-corrected chi connectivity index (χ0v) is 8.70. The molecule has 13 heavy (non-hydrogen) atoms. The van der Waals surface area contributed by atoms with Crippen molar-refractivity contribution in [1.29, 1.82) is 0 Å². The molecule has 2 aromatic heterocycles. The molecule has 0 aliphatic rings. The lowest BCUT2D eigenvalue weighted by atomic mass is 10.2. The van der Waals surface area contributed by atoms with Crippen molar-refractivity contribution in [3.05, 3.63) is 35.7 Å². The number of nitrogens with zero attached hydrogens (tertiary/aromatic N) is 2. The number of aromatic nitrogens is 2. The summed E-state index contributed by atoms with van der Waals surface area (Å²) in [7, 11) is 0. The van der Waals surface area contributed by atoms with Gasteiger partial charge in [-0.05, 0) is 31.0 Å². The Morgan fingerprint density at radius 2 is 1.85 bits per heavy atom. The largest absolute Gasteiger partial charge is 0.240 e. The average molecular weight is 176 g/mol. The van der Waals surface area contributed by atoms with Gasteiger partial charge >= 0.3 is 0 Å². The molecule has 2 nitrogen and oxygen atoms in total. The summed E-state index contributed by atoms with van der Waals surface area (Å²) in [5, 5.41) is 4.20. The molecule has 2 rings (SSSR count). The number of aryl methyl sites for hydroxylation is 2. The zero-order chi connectivity index (χ0) is 9.84. The summed E-state index contributed by atoms with van der Waals surface area (Å²) in [6.45, 7) is 8.13. The van der Waals surface area contributed by atoms with Gasteiger partial charge in [-0.15, -0.1) is 0 Å². The molecule has 70 valence electrons. The molecule has 2 heterocycles. The Bertz CT molecular complexity index is 388. The van der Waals surface area contributed by atoms with Gasteiger partial charge in [0.25, 0.3) is 0 Å². The molecule has 2 heteroatoms. The van der Waals surface area contributed by atoms with Gasteiger partial charge in [0.15, 0.2) is 0 Å². The fourth-order valence-corrected chi connectivity index (χ4v) is 1.21. The fourth-order valence-electron chi connectivity index (χ4n) is 1.21. The van der Waals surface area contributed by atoms with E-state index in [0.29, 0.717) is 0 Å². The van der Waals surface area contributed by atoms with E-state index in [2.05, 4.69) is 31.1 Å². The van der Waals surface area contributed by atoms with E-state index in [4.69, 9.17) is 0 Å². The van der Waals surface area contributed by atoms with Gasteiger partial charge in [0.05, 0.1) is 11.7 Å². The van der Waals surface area contributed by atoms with Crippen LogP contribution in [0.25, 0.3) is 5.52 Å². The molecule has 0 bridgehead atoms. The molecule has 0 aliphatic carbocycles. The molecule has 0 radical (unpaired) electrons. The first-order chi connectivity index (χ1) is 6.27. The molecule has 0 fully saturated rings. The van der Waals surface area contributed by atoms with Gasteiger partial charge in [-0.3, -0.25) is 0 Å². The molecule has 0 unspecified atom stereocenters. The summed E-state index contributed by atoms with van der Waals surface area (Å²) in [6.07, 6.45) is 3.91. The average Bonchev–Trinajstić information content (AvgIpc) is 2.51. The monoisotopic (exact) mass is 176 g/mol. The molecule has 0 amide bonds. The second-order valence-electron chi connectivity index (χ2n) is 2.86. The van der Waals surface area contributed by atoms with E-state index in [1.54, 1.807) is 0 Å². The highest BCUT2D eigenvalue weighted by Crippen LogP contribution is 2.09. The Morgan fingerprint density at radius 3 is 2.54 bits per heavy atom. The third-order valence-electron chi connectivity index (χ3n) is 1.86. The van der Waals surface area contributed by atoms with E-state index >= 15 is 0 Å². The highest BCUT2D eigenvalue weighted by atomic mass is 15.2. The van der Waals surface area contributed by atoms with Crippen molar-refractivity contribution in [3.63, 3.8) is 0 Å². The van der Waals surface area contributed by atoms with Crippen molar-refractivity contribution in [3.8, 4) is 0 Å². The van der Waals surface area contributed by atoms with Crippen LogP contribution in [0, 0.1) is 13.8 Å².